The minimum absolute atomic E-state index is 0.125. The van der Waals surface area contributed by atoms with Crippen LogP contribution in [0.25, 0.3) is 16.2 Å². The third kappa shape index (κ3) is 6.34. The fraction of sp³-hybridized carbons (Fsp3) is 0.417. The predicted molar refractivity (Wildman–Crippen MR) is 136 cm³/mol. The summed E-state index contributed by atoms with van der Waals surface area (Å²) in [5.74, 6) is -2.25. The van der Waals surface area contributed by atoms with Crippen LogP contribution >= 0.6 is 34.5 Å². The summed E-state index contributed by atoms with van der Waals surface area (Å²) in [4.78, 5) is 50.2. The van der Waals surface area contributed by atoms with Crippen LogP contribution in [0.4, 0.5) is 0 Å². The number of amides is 3. The van der Waals surface area contributed by atoms with Gasteiger partial charge in [0.1, 0.15) is 6.04 Å². The van der Waals surface area contributed by atoms with Gasteiger partial charge in [-0.3, -0.25) is 19.2 Å². The van der Waals surface area contributed by atoms with Crippen LogP contribution in [0.5, 0.6) is 0 Å². The van der Waals surface area contributed by atoms with E-state index in [1.165, 1.54) is 17.4 Å². The molecule has 2 heterocycles. The molecule has 1 saturated carbocycles. The lowest BCUT2D eigenvalue weighted by molar-refractivity contribution is -0.141. The van der Waals surface area contributed by atoms with Gasteiger partial charge in [-0.2, -0.15) is 0 Å². The van der Waals surface area contributed by atoms with E-state index < -0.39 is 24.3 Å². The standard InChI is InChI=1S/C24H25Cl2N3O5S/c25-20-14(11-15-7-10-35-22(15)21(20)26)3-4-18(30)29-8-5-16(6-9-29)27-24(34)17(12-19(31)32)28-23(33)13-1-2-13/h3-4,7,10-11,13,16-17H,1-2,5-6,8-9,12H2,(H,27,34)(H,28,33)(H,31,32)/b4-3+/t17-/m0/s1. The fourth-order valence-electron chi connectivity index (χ4n) is 4.02. The number of likely N-dealkylation sites (tertiary alicyclic amines) is 1. The van der Waals surface area contributed by atoms with E-state index in [2.05, 4.69) is 10.6 Å². The molecule has 1 aliphatic carbocycles. The second kappa shape index (κ2) is 11.0. The van der Waals surface area contributed by atoms with Gasteiger partial charge in [0.15, 0.2) is 0 Å². The number of nitrogens with one attached hydrogen (secondary N) is 2. The van der Waals surface area contributed by atoms with Gasteiger partial charge in [-0.15, -0.1) is 11.3 Å². The largest absolute Gasteiger partial charge is 0.481 e. The molecule has 11 heteroatoms. The molecule has 2 aromatic rings. The molecule has 1 saturated heterocycles. The van der Waals surface area contributed by atoms with Gasteiger partial charge in [0.25, 0.3) is 0 Å². The number of halogens is 2. The van der Waals surface area contributed by atoms with Crippen LogP contribution in [0.3, 0.4) is 0 Å². The number of fused-ring (bicyclic) bond motifs is 1. The molecule has 3 amide bonds. The van der Waals surface area contributed by atoms with Gasteiger partial charge >= 0.3 is 5.97 Å². The lowest BCUT2D eigenvalue weighted by Gasteiger charge is -2.32. The number of benzene rings is 1. The molecule has 2 aliphatic rings. The summed E-state index contributed by atoms with van der Waals surface area (Å²) in [6.07, 6.45) is 5.21. The molecular weight excluding hydrogens is 513 g/mol. The number of nitrogens with zero attached hydrogens (tertiary/aromatic N) is 1. The molecule has 1 aromatic heterocycles. The summed E-state index contributed by atoms with van der Waals surface area (Å²) in [6, 6.07) is 2.51. The summed E-state index contributed by atoms with van der Waals surface area (Å²) in [6.45, 7) is 0.869. The number of piperidine rings is 1. The highest BCUT2D eigenvalue weighted by Gasteiger charge is 2.34. The van der Waals surface area contributed by atoms with Crippen LogP contribution < -0.4 is 10.6 Å². The average molecular weight is 538 g/mol. The molecule has 0 unspecified atom stereocenters. The Morgan fingerprint density at radius 1 is 1.14 bits per heavy atom. The Bertz CT molecular complexity index is 1190. The van der Waals surface area contributed by atoms with Gasteiger partial charge < -0.3 is 20.6 Å². The second-order valence-electron chi connectivity index (χ2n) is 8.81. The van der Waals surface area contributed by atoms with Gasteiger partial charge in [0.2, 0.25) is 17.7 Å². The van der Waals surface area contributed by atoms with Crippen molar-refractivity contribution in [2.45, 2.75) is 44.2 Å². The number of hydrogen-bond donors (Lipinski definition) is 3. The molecule has 35 heavy (non-hydrogen) atoms. The lowest BCUT2D eigenvalue weighted by Crippen LogP contribution is -2.53. The molecule has 8 nitrogen and oxygen atoms in total. The van der Waals surface area contributed by atoms with Crippen molar-refractivity contribution in [3.8, 4) is 0 Å². The lowest BCUT2D eigenvalue weighted by atomic mass is 10.0. The number of rotatable bonds is 8. The van der Waals surface area contributed by atoms with E-state index in [1.54, 1.807) is 11.0 Å². The molecule has 186 valence electrons. The Kier molecular flexibility index (Phi) is 7.98. The van der Waals surface area contributed by atoms with Gasteiger partial charge in [-0.25, -0.2) is 0 Å². The molecule has 4 rings (SSSR count). The normalized spacial score (nSPS) is 17.5. The van der Waals surface area contributed by atoms with Gasteiger partial charge in [-0.05, 0) is 60.2 Å². The Balaban J connectivity index is 1.30. The number of thiophene rings is 1. The maximum absolute atomic E-state index is 12.7. The predicted octanol–water partition coefficient (Wildman–Crippen LogP) is 3.70. The van der Waals surface area contributed by atoms with E-state index >= 15 is 0 Å². The van der Waals surface area contributed by atoms with Crippen LogP contribution in [-0.2, 0) is 19.2 Å². The van der Waals surface area contributed by atoms with Crippen molar-refractivity contribution in [3.63, 3.8) is 0 Å². The molecule has 2 fully saturated rings. The molecule has 0 radical (unpaired) electrons. The summed E-state index contributed by atoms with van der Waals surface area (Å²) in [7, 11) is 0. The van der Waals surface area contributed by atoms with Crippen LogP contribution in [0, 0.1) is 5.92 Å². The quantitative estimate of drug-likeness (QED) is 0.444. The molecule has 1 aliphatic heterocycles. The Hall–Kier alpha value is -2.62. The average Bonchev–Trinajstić information content (AvgIpc) is 3.58. The van der Waals surface area contributed by atoms with Crippen LogP contribution in [0.2, 0.25) is 10.0 Å². The number of carbonyl (C=O) groups excluding carboxylic acids is 3. The zero-order valence-corrected chi connectivity index (χ0v) is 21.1. The molecule has 1 atom stereocenters. The minimum atomic E-state index is -1.16. The highest BCUT2D eigenvalue weighted by molar-refractivity contribution is 7.18. The van der Waals surface area contributed by atoms with Gasteiger partial charge in [-0.1, -0.05) is 23.2 Å². The van der Waals surface area contributed by atoms with Crippen LogP contribution in [-0.4, -0.2) is 58.9 Å². The van der Waals surface area contributed by atoms with Crippen LogP contribution in [0.15, 0.2) is 23.6 Å². The number of carboxylic acids is 1. The first-order chi connectivity index (χ1) is 16.7. The summed E-state index contributed by atoms with van der Waals surface area (Å²) in [5.41, 5.74) is 0.663. The van der Waals surface area contributed by atoms with Crippen LogP contribution in [0.1, 0.15) is 37.7 Å². The smallest absolute Gasteiger partial charge is 0.305 e. The number of carboxylic acid groups (broad SMARTS) is 1. The fourth-order valence-corrected chi connectivity index (χ4v) is 5.46. The van der Waals surface area contributed by atoms with Crippen molar-refractivity contribution in [1.82, 2.24) is 15.5 Å². The Morgan fingerprint density at radius 3 is 2.51 bits per heavy atom. The Labute approximate surface area is 216 Å². The van der Waals surface area contributed by atoms with E-state index in [4.69, 9.17) is 28.3 Å². The van der Waals surface area contributed by atoms with Crippen molar-refractivity contribution in [2.24, 2.45) is 5.92 Å². The zero-order valence-electron chi connectivity index (χ0n) is 18.8. The molecular formula is C24H25Cl2N3O5S. The topological polar surface area (TPSA) is 116 Å². The zero-order chi connectivity index (χ0) is 25.1. The van der Waals surface area contributed by atoms with Crippen molar-refractivity contribution in [1.29, 1.82) is 0 Å². The monoisotopic (exact) mass is 537 g/mol. The number of aliphatic carboxylic acids is 1. The van der Waals surface area contributed by atoms with E-state index in [9.17, 15) is 19.2 Å². The summed E-state index contributed by atoms with van der Waals surface area (Å²) < 4.78 is 0.905. The van der Waals surface area contributed by atoms with Gasteiger partial charge in [0, 0.05) is 31.1 Å². The van der Waals surface area contributed by atoms with Crippen molar-refractivity contribution >= 4 is 74.4 Å². The van der Waals surface area contributed by atoms with E-state index in [0.29, 0.717) is 41.5 Å². The highest BCUT2D eigenvalue weighted by atomic mass is 35.5. The minimum Gasteiger partial charge on any atom is -0.481 e. The van der Waals surface area contributed by atoms with Crippen molar-refractivity contribution < 1.29 is 24.3 Å². The molecule has 1 aromatic carbocycles. The first-order valence-electron chi connectivity index (χ1n) is 11.4. The summed E-state index contributed by atoms with van der Waals surface area (Å²) in [5, 5.41) is 18.3. The molecule has 0 spiro atoms. The van der Waals surface area contributed by atoms with E-state index in [-0.39, 0.29) is 23.8 Å². The third-order valence-electron chi connectivity index (χ3n) is 6.17. The van der Waals surface area contributed by atoms with Crippen molar-refractivity contribution in [3.05, 3.63) is 39.2 Å². The molecule has 0 bridgehead atoms. The molecule has 3 N–H and O–H groups in total. The SMILES string of the molecule is O=C(O)C[C@H](NC(=O)C1CC1)C(=O)NC1CCN(C(=O)/C=C/c2cc3ccsc3c(Cl)c2Cl)CC1. The highest BCUT2D eigenvalue weighted by Crippen LogP contribution is 2.37. The number of carbonyl (C=O) groups is 4. The second-order valence-corrected chi connectivity index (χ2v) is 10.5. The third-order valence-corrected chi connectivity index (χ3v) is 8.11. The van der Waals surface area contributed by atoms with E-state index in [0.717, 1.165) is 22.9 Å². The first kappa shape index (κ1) is 25.5. The van der Waals surface area contributed by atoms with E-state index in [1.807, 2.05) is 17.5 Å². The number of hydrogen-bond acceptors (Lipinski definition) is 5. The first-order valence-corrected chi connectivity index (χ1v) is 13.0. The maximum Gasteiger partial charge on any atom is 0.305 e. The van der Waals surface area contributed by atoms with Crippen molar-refractivity contribution in [2.75, 3.05) is 13.1 Å². The summed E-state index contributed by atoms with van der Waals surface area (Å²) >= 11 is 14.2. The maximum atomic E-state index is 12.7. The van der Waals surface area contributed by atoms with Gasteiger partial charge in [0.05, 0.1) is 21.2 Å². The Morgan fingerprint density at radius 2 is 1.86 bits per heavy atom.